The normalized spacial score (nSPS) is 15.3. The monoisotopic (exact) mass is 473 g/mol. The number of hydrogen-bond acceptors (Lipinski definition) is 10. The van der Waals surface area contributed by atoms with Crippen molar-refractivity contribution in [3.8, 4) is 0 Å². The molecule has 1 fully saturated rings. The zero-order valence-corrected chi connectivity index (χ0v) is 17.6. The van der Waals surface area contributed by atoms with Gasteiger partial charge in [0, 0.05) is 25.7 Å². The summed E-state index contributed by atoms with van der Waals surface area (Å²) in [6.45, 7) is 0. The smallest absolute Gasteiger partial charge is 0.320 e. The van der Waals surface area contributed by atoms with Crippen LogP contribution >= 0.6 is 0 Å². The second-order valence-electron chi connectivity index (χ2n) is 6.14. The number of carboxylic acid groups (broad SMARTS) is 4. The molecule has 0 bridgehead atoms. The topological polar surface area (TPSA) is 363 Å². The second-order valence-corrected chi connectivity index (χ2v) is 6.14. The van der Waals surface area contributed by atoms with Gasteiger partial charge in [0.1, 0.15) is 17.9 Å². The molecule has 1 amide bonds. The van der Waals surface area contributed by atoms with Gasteiger partial charge in [-0.1, -0.05) is 0 Å². The first-order valence-corrected chi connectivity index (χ1v) is 8.49. The lowest BCUT2D eigenvalue weighted by molar-refractivity contribution is -0.142. The minimum atomic E-state index is -1.17. The van der Waals surface area contributed by atoms with Crippen LogP contribution in [0.25, 0.3) is 0 Å². The zero-order chi connectivity index (χ0) is 23.1. The molecule has 0 heterocycles. The molecule has 1 rings (SSSR count). The quantitative estimate of drug-likeness (QED) is 0.172. The van der Waals surface area contributed by atoms with Crippen molar-refractivity contribution in [2.24, 2.45) is 23.1 Å². The molecule has 1 aliphatic carbocycles. The molecule has 0 saturated heterocycles. The summed E-state index contributed by atoms with van der Waals surface area (Å²) in [7, 11) is 0. The standard InChI is InChI=1S/C6H8O3.C5H10N2O3.C5H9NO4.2H3N.H2O/c7-5-2-1-4(3-5)6(8)9;2*6-3(5(9)10)1-2-4(7)8;;;/h4H,1-3H2,(H,8,9);3H,1-2,6H2,(H2,7,8)(H,9,10);3H,1-2,6H2,(H,7,8)(H,9,10);2*1H3;1H2. The number of carbonyl (C=O) groups excluding carboxylic acids is 2. The highest BCUT2D eigenvalue weighted by atomic mass is 16.4. The number of nitrogens with two attached hydrogens (primary N) is 3. The van der Waals surface area contributed by atoms with Crippen molar-refractivity contribution in [1.82, 2.24) is 12.3 Å². The van der Waals surface area contributed by atoms with Gasteiger partial charge in [0.2, 0.25) is 5.91 Å². The van der Waals surface area contributed by atoms with Gasteiger partial charge in [0.15, 0.2) is 0 Å². The lowest BCUT2D eigenvalue weighted by Crippen LogP contribution is -2.31. The number of amides is 1. The molecule has 190 valence electrons. The van der Waals surface area contributed by atoms with Crippen molar-refractivity contribution < 1.29 is 54.7 Å². The minimum Gasteiger partial charge on any atom is -0.481 e. The van der Waals surface area contributed by atoms with Crippen LogP contribution in [0.5, 0.6) is 0 Å². The molecule has 1 aliphatic rings. The van der Waals surface area contributed by atoms with Crippen LogP contribution in [0.15, 0.2) is 0 Å². The molecular weight excluding hydrogens is 438 g/mol. The highest BCUT2D eigenvalue weighted by molar-refractivity contribution is 5.87. The average Bonchev–Trinajstić information content (AvgIpc) is 3.05. The van der Waals surface area contributed by atoms with Crippen molar-refractivity contribution in [3.05, 3.63) is 0 Å². The Kier molecular flexibility index (Phi) is 25.9. The van der Waals surface area contributed by atoms with Gasteiger partial charge in [-0.3, -0.25) is 28.8 Å². The Balaban J connectivity index is -0.000000109. The van der Waals surface area contributed by atoms with E-state index in [1.54, 1.807) is 0 Å². The number of ketones is 1. The van der Waals surface area contributed by atoms with Gasteiger partial charge < -0.3 is 55.4 Å². The predicted octanol–water partition coefficient (Wildman–Crippen LogP) is -2.13. The Hall–Kier alpha value is -3.18. The maximum absolute atomic E-state index is 10.5. The Morgan fingerprint density at radius 1 is 0.875 bits per heavy atom. The number of rotatable bonds is 9. The van der Waals surface area contributed by atoms with E-state index in [9.17, 15) is 28.8 Å². The molecule has 0 aliphatic heterocycles. The van der Waals surface area contributed by atoms with E-state index in [0.29, 0.717) is 12.8 Å². The third-order valence-corrected chi connectivity index (χ3v) is 3.60. The van der Waals surface area contributed by atoms with Crippen LogP contribution in [0.1, 0.15) is 44.9 Å². The maximum Gasteiger partial charge on any atom is 0.320 e. The summed E-state index contributed by atoms with van der Waals surface area (Å²) in [5.74, 6) is -4.98. The molecule has 0 spiro atoms. The van der Waals surface area contributed by atoms with Crippen LogP contribution in [0, 0.1) is 5.92 Å². The molecule has 3 unspecified atom stereocenters. The first kappa shape index (κ1) is 39.3. The summed E-state index contributed by atoms with van der Waals surface area (Å²) in [6, 6.07) is -2.04. The Bertz CT molecular complexity index is 581. The van der Waals surface area contributed by atoms with E-state index in [-0.39, 0.29) is 55.7 Å². The molecule has 0 aromatic rings. The summed E-state index contributed by atoms with van der Waals surface area (Å²) in [5.41, 5.74) is 14.8. The van der Waals surface area contributed by atoms with Gasteiger partial charge in [-0.25, -0.2) is 0 Å². The van der Waals surface area contributed by atoms with Crippen molar-refractivity contribution in [1.29, 1.82) is 0 Å². The molecule has 16 nitrogen and oxygen atoms in total. The Morgan fingerprint density at radius 2 is 1.28 bits per heavy atom. The number of primary amides is 1. The number of carbonyl (C=O) groups is 6. The maximum atomic E-state index is 10.5. The largest absolute Gasteiger partial charge is 0.481 e. The van der Waals surface area contributed by atoms with E-state index in [0.717, 1.165) is 0 Å². The summed E-state index contributed by atoms with van der Waals surface area (Å²) in [5, 5.41) is 32.9. The molecule has 1 saturated carbocycles. The Morgan fingerprint density at radius 3 is 1.50 bits per heavy atom. The van der Waals surface area contributed by atoms with Crippen LogP contribution in [-0.4, -0.2) is 73.6 Å². The second kappa shape index (κ2) is 21.1. The lowest BCUT2D eigenvalue weighted by atomic mass is 10.1. The van der Waals surface area contributed by atoms with Crippen LogP contribution in [0.3, 0.4) is 0 Å². The lowest BCUT2D eigenvalue weighted by Gasteiger charge is -2.01. The number of hydrogen-bond donors (Lipinski definition) is 9. The molecule has 3 atom stereocenters. The first-order chi connectivity index (χ1) is 13.3. The van der Waals surface area contributed by atoms with Gasteiger partial charge >= 0.3 is 23.9 Å². The fraction of sp³-hybridized carbons (Fsp3) is 0.625. The molecule has 0 aromatic carbocycles. The molecule has 0 aromatic heterocycles. The highest BCUT2D eigenvalue weighted by Crippen LogP contribution is 2.21. The third-order valence-electron chi connectivity index (χ3n) is 3.60. The van der Waals surface area contributed by atoms with E-state index in [4.69, 9.17) is 37.6 Å². The number of carboxylic acids is 4. The molecule has 0 radical (unpaired) electrons. The van der Waals surface area contributed by atoms with Gasteiger partial charge in [0.25, 0.3) is 0 Å². The van der Waals surface area contributed by atoms with Crippen LogP contribution in [0.4, 0.5) is 0 Å². The Labute approximate surface area is 183 Å². The first-order valence-electron chi connectivity index (χ1n) is 8.49. The average molecular weight is 473 g/mol. The van der Waals surface area contributed by atoms with E-state index in [1.165, 1.54) is 0 Å². The summed E-state index contributed by atoms with van der Waals surface area (Å²) in [4.78, 5) is 60.7. The molecule has 32 heavy (non-hydrogen) atoms. The van der Waals surface area contributed by atoms with Crippen LogP contribution < -0.4 is 29.5 Å². The van der Waals surface area contributed by atoms with Crippen molar-refractivity contribution in [2.45, 2.75) is 57.0 Å². The summed E-state index contributed by atoms with van der Waals surface area (Å²) < 4.78 is 0. The fourth-order valence-corrected chi connectivity index (χ4v) is 1.85. The van der Waals surface area contributed by atoms with Gasteiger partial charge in [-0.05, 0) is 19.3 Å². The number of aliphatic carboxylic acids is 4. The van der Waals surface area contributed by atoms with Crippen molar-refractivity contribution in [3.63, 3.8) is 0 Å². The molecular formula is C16H35N5O11. The summed E-state index contributed by atoms with van der Waals surface area (Å²) in [6.07, 6.45) is 1.14. The van der Waals surface area contributed by atoms with E-state index in [2.05, 4.69) is 0 Å². The van der Waals surface area contributed by atoms with Gasteiger partial charge in [0.05, 0.1) is 5.92 Å². The van der Waals surface area contributed by atoms with Crippen LogP contribution in [-0.2, 0) is 28.8 Å². The molecule has 16 heteroatoms. The molecule has 18 N–H and O–H groups in total. The SMILES string of the molecule is N.N.NC(=O)CCC(N)C(=O)O.NC(CCC(=O)O)C(=O)O.O.O=C1CCC(C(=O)O)C1. The third kappa shape index (κ3) is 23.1. The van der Waals surface area contributed by atoms with E-state index >= 15 is 0 Å². The fourth-order valence-electron chi connectivity index (χ4n) is 1.85. The summed E-state index contributed by atoms with van der Waals surface area (Å²) >= 11 is 0. The minimum absolute atomic E-state index is 0. The van der Waals surface area contributed by atoms with Crippen LogP contribution in [0.2, 0.25) is 0 Å². The zero-order valence-electron chi connectivity index (χ0n) is 17.6. The van der Waals surface area contributed by atoms with E-state index < -0.39 is 47.8 Å². The predicted molar refractivity (Wildman–Crippen MR) is 110 cm³/mol. The van der Waals surface area contributed by atoms with Gasteiger partial charge in [-0.15, -0.1) is 0 Å². The number of Topliss-reactive ketones (excluding diaryl/α,β-unsaturated/α-hetero) is 1. The van der Waals surface area contributed by atoms with Gasteiger partial charge in [-0.2, -0.15) is 0 Å². The van der Waals surface area contributed by atoms with Crippen molar-refractivity contribution in [2.75, 3.05) is 0 Å². The van der Waals surface area contributed by atoms with E-state index in [1.807, 2.05) is 0 Å². The van der Waals surface area contributed by atoms with Crippen molar-refractivity contribution >= 4 is 35.6 Å². The highest BCUT2D eigenvalue weighted by Gasteiger charge is 2.27.